The van der Waals surface area contributed by atoms with Gasteiger partial charge in [0.2, 0.25) is 11.8 Å². The number of anilines is 4. The fourth-order valence-corrected chi connectivity index (χ4v) is 3.68. The summed E-state index contributed by atoms with van der Waals surface area (Å²) in [5, 5.41) is 17.7. The largest absolute Gasteiger partial charge is 0.494 e. The van der Waals surface area contributed by atoms with Crippen molar-refractivity contribution in [1.29, 1.82) is 0 Å². The average Bonchev–Trinajstić information content (AvgIpc) is 2.71. The lowest BCUT2D eigenvalue weighted by atomic mass is 10.2. The van der Waals surface area contributed by atoms with Gasteiger partial charge in [-0.2, -0.15) is 9.37 Å². The Morgan fingerprint density at radius 2 is 1.83 bits per heavy atom. The van der Waals surface area contributed by atoms with Crippen LogP contribution in [0, 0.1) is 21.7 Å². The van der Waals surface area contributed by atoms with Gasteiger partial charge < -0.3 is 15.4 Å². The van der Waals surface area contributed by atoms with E-state index in [4.69, 9.17) is 4.74 Å². The second kappa shape index (κ2) is 8.96. The zero-order valence-corrected chi connectivity index (χ0v) is 17.2. The lowest BCUT2D eigenvalue weighted by molar-refractivity contribution is -0.387. The summed E-state index contributed by atoms with van der Waals surface area (Å²) < 4.78 is 33.2. The summed E-state index contributed by atoms with van der Waals surface area (Å²) in [5.41, 5.74) is 0.0355. The van der Waals surface area contributed by atoms with E-state index < -0.39 is 30.2 Å². The molecule has 3 rings (SSSR count). The molecule has 0 aliphatic heterocycles. The Morgan fingerprint density at radius 3 is 2.50 bits per heavy atom. The number of hydrogen-bond donors (Lipinski definition) is 2. The lowest BCUT2D eigenvalue weighted by Gasteiger charge is -2.15. The van der Waals surface area contributed by atoms with E-state index in [0.717, 1.165) is 23.6 Å². The van der Waals surface area contributed by atoms with Crippen molar-refractivity contribution in [2.45, 2.75) is 0 Å². The van der Waals surface area contributed by atoms with E-state index in [-0.39, 0.29) is 23.2 Å². The zero-order valence-electron chi connectivity index (χ0n) is 16.3. The first-order valence-electron chi connectivity index (χ1n) is 8.65. The molecule has 0 atom stereocenters. The number of rotatable bonds is 7. The second-order valence-corrected chi connectivity index (χ2v) is 8.58. The zero-order chi connectivity index (χ0) is 21.8. The van der Waals surface area contributed by atoms with E-state index in [1.165, 1.54) is 7.11 Å². The fraction of sp³-hybridized carbons (Fsp3) is 0.158. The number of ether oxygens (including phenoxy) is 1. The normalized spacial score (nSPS) is 10.7. The van der Waals surface area contributed by atoms with Crippen molar-refractivity contribution in [1.82, 2.24) is 9.97 Å². The van der Waals surface area contributed by atoms with Crippen LogP contribution in [0.2, 0.25) is 0 Å². The molecule has 3 aromatic rings. The predicted molar refractivity (Wildman–Crippen MR) is 113 cm³/mol. The van der Waals surface area contributed by atoms with Crippen LogP contribution in [0.5, 0.6) is 5.75 Å². The van der Waals surface area contributed by atoms with E-state index in [0.29, 0.717) is 5.69 Å². The summed E-state index contributed by atoms with van der Waals surface area (Å²) in [6.07, 6.45) is 0.964. The Balaban J connectivity index is 1.95. The number of nitrogens with one attached hydrogen (secondary N) is 2. The molecule has 30 heavy (non-hydrogen) atoms. The number of methoxy groups -OCH3 is 1. The number of aromatic nitrogens is 2. The molecule has 2 N–H and O–H groups in total. The Kier molecular flexibility index (Phi) is 6.37. The van der Waals surface area contributed by atoms with E-state index >= 15 is 0 Å². The molecule has 0 spiro atoms. The van der Waals surface area contributed by atoms with Gasteiger partial charge in [0.1, 0.15) is 5.75 Å². The highest BCUT2D eigenvalue weighted by Crippen LogP contribution is 2.34. The highest BCUT2D eigenvalue weighted by molar-refractivity contribution is 7.64. The fourth-order valence-electron chi connectivity index (χ4n) is 2.68. The minimum atomic E-state index is -1.04. The third kappa shape index (κ3) is 4.60. The number of para-hydroxylation sites is 1. The molecule has 0 radical (unpaired) electrons. The van der Waals surface area contributed by atoms with Crippen LogP contribution >= 0.6 is 7.92 Å². The van der Waals surface area contributed by atoms with Crippen LogP contribution in [-0.4, -0.2) is 35.3 Å². The second-order valence-electron chi connectivity index (χ2n) is 6.31. The van der Waals surface area contributed by atoms with Crippen molar-refractivity contribution in [2.24, 2.45) is 0 Å². The van der Waals surface area contributed by atoms with Crippen molar-refractivity contribution >= 4 is 42.1 Å². The van der Waals surface area contributed by atoms with Crippen LogP contribution < -0.4 is 20.7 Å². The maximum atomic E-state index is 14.3. The van der Waals surface area contributed by atoms with Gasteiger partial charge in [-0.3, -0.25) is 10.1 Å². The first kappa shape index (κ1) is 21.3. The van der Waals surface area contributed by atoms with Gasteiger partial charge in [0.05, 0.1) is 23.9 Å². The molecule has 2 aromatic carbocycles. The molecule has 0 unspecified atom stereocenters. The quantitative estimate of drug-likeness (QED) is 0.321. The first-order chi connectivity index (χ1) is 14.3. The standard InChI is InChI=1S/C19H18F2N5O3P/c1-29-16-8-11(20)15(26(27)28)9-14(16)24-19-22-10-12(21)18(25-19)23-13-6-4-5-7-17(13)30(2)3/h4-10H,1-3H3,(H2,22,23,24,25). The maximum absolute atomic E-state index is 14.3. The Morgan fingerprint density at radius 1 is 1.10 bits per heavy atom. The van der Waals surface area contributed by atoms with Crippen molar-refractivity contribution in [3.05, 3.63) is 64.3 Å². The topological polar surface area (TPSA) is 102 Å². The molecule has 0 aliphatic carbocycles. The smallest absolute Gasteiger partial charge is 0.307 e. The lowest BCUT2D eigenvalue weighted by Crippen LogP contribution is -2.10. The number of nitrogens with zero attached hydrogens (tertiary/aromatic N) is 3. The van der Waals surface area contributed by atoms with Crippen LogP contribution in [0.25, 0.3) is 0 Å². The van der Waals surface area contributed by atoms with Crippen LogP contribution in [0.15, 0.2) is 42.6 Å². The SMILES string of the molecule is COc1cc(F)c([N+](=O)[O-])cc1Nc1ncc(F)c(Nc2ccccc2P(C)C)n1. The Labute approximate surface area is 172 Å². The van der Waals surface area contributed by atoms with Crippen LogP contribution in [-0.2, 0) is 0 Å². The van der Waals surface area contributed by atoms with Crippen LogP contribution in [0.1, 0.15) is 0 Å². The predicted octanol–water partition coefficient (Wildman–Crippen LogP) is 4.53. The molecule has 1 aromatic heterocycles. The molecule has 8 nitrogen and oxygen atoms in total. The van der Waals surface area contributed by atoms with E-state index in [1.807, 2.05) is 24.3 Å². The van der Waals surface area contributed by atoms with E-state index in [9.17, 15) is 18.9 Å². The molecule has 1 heterocycles. The monoisotopic (exact) mass is 433 g/mol. The van der Waals surface area contributed by atoms with Crippen molar-refractivity contribution in [3.8, 4) is 5.75 Å². The van der Waals surface area contributed by atoms with Gasteiger partial charge in [-0.05, 0) is 24.7 Å². The molecular formula is C19H18F2N5O3P. The van der Waals surface area contributed by atoms with Crippen molar-refractivity contribution < 1.29 is 18.4 Å². The molecule has 0 amide bonds. The minimum Gasteiger partial charge on any atom is -0.494 e. The highest BCUT2D eigenvalue weighted by atomic mass is 31.1. The van der Waals surface area contributed by atoms with Gasteiger partial charge in [0, 0.05) is 17.8 Å². The summed E-state index contributed by atoms with van der Waals surface area (Å²) >= 11 is 0. The van der Waals surface area contributed by atoms with Crippen LogP contribution in [0.3, 0.4) is 0 Å². The molecular weight excluding hydrogens is 415 g/mol. The number of nitro groups is 1. The molecule has 0 aliphatic rings. The van der Waals surface area contributed by atoms with Crippen molar-refractivity contribution in [3.63, 3.8) is 0 Å². The van der Waals surface area contributed by atoms with Gasteiger partial charge in [0.25, 0.3) is 0 Å². The summed E-state index contributed by atoms with van der Waals surface area (Å²) in [6.45, 7) is 4.15. The maximum Gasteiger partial charge on any atom is 0.307 e. The van der Waals surface area contributed by atoms with Gasteiger partial charge in [-0.15, -0.1) is 0 Å². The summed E-state index contributed by atoms with van der Waals surface area (Å²) in [6, 6.07) is 9.34. The highest BCUT2D eigenvalue weighted by Gasteiger charge is 2.20. The van der Waals surface area contributed by atoms with E-state index in [2.05, 4.69) is 33.9 Å². The molecule has 0 fully saturated rings. The molecule has 156 valence electrons. The summed E-state index contributed by atoms with van der Waals surface area (Å²) in [7, 11) is 0.837. The van der Waals surface area contributed by atoms with Gasteiger partial charge >= 0.3 is 5.69 Å². The number of hydrogen-bond acceptors (Lipinski definition) is 7. The van der Waals surface area contributed by atoms with Gasteiger partial charge in [-0.25, -0.2) is 9.37 Å². The first-order valence-corrected chi connectivity index (χ1v) is 10.9. The Bertz CT molecular complexity index is 1100. The van der Waals surface area contributed by atoms with Gasteiger partial charge in [0.15, 0.2) is 11.6 Å². The summed E-state index contributed by atoms with van der Waals surface area (Å²) in [4.78, 5) is 18.1. The molecule has 11 heteroatoms. The van der Waals surface area contributed by atoms with Gasteiger partial charge in [-0.1, -0.05) is 26.1 Å². The third-order valence-electron chi connectivity index (χ3n) is 4.10. The average molecular weight is 433 g/mol. The molecule has 0 saturated carbocycles. The number of halogens is 2. The molecule has 0 saturated heterocycles. The molecule has 0 bridgehead atoms. The third-order valence-corrected chi connectivity index (χ3v) is 5.45. The number of benzene rings is 2. The number of nitro benzene ring substituents is 1. The minimum absolute atomic E-state index is 0.00786. The van der Waals surface area contributed by atoms with E-state index in [1.54, 1.807) is 0 Å². The Hall–Kier alpha value is -3.39. The summed E-state index contributed by atoms with van der Waals surface area (Å²) in [5.74, 6) is -1.84. The van der Waals surface area contributed by atoms with Crippen LogP contribution in [0.4, 0.5) is 37.6 Å². The van der Waals surface area contributed by atoms with Crippen molar-refractivity contribution in [2.75, 3.05) is 31.1 Å².